The molecule has 1 fully saturated rings. The van der Waals surface area contributed by atoms with E-state index in [-0.39, 0.29) is 16.4 Å². The smallest absolute Gasteiger partial charge is 0.257 e. The number of phenolic OH excluding ortho intramolecular Hbond substituents is 1. The predicted molar refractivity (Wildman–Crippen MR) is 83.3 cm³/mol. The monoisotopic (exact) mass is 377 g/mol. The van der Waals surface area contributed by atoms with Gasteiger partial charge < -0.3 is 10.0 Å². The van der Waals surface area contributed by atoms with Gasteiger partial charge in [-0.2, -0.15) is 11.8 Å². The van der Waals surface area contributed by atoms with Gasteiger partial charge in [-0.25, -0.2) is 0 Å². The van der Waals surface area contributed by atoms with Gasteiger partial charge in [-0.1, -0.05) is 0 Å². The molecule has 1 aromatic rings. The van der Waals surface area contributed by atoms with E-state index in [1.165, 1.54) is 0 Å². The van der Waals surface area contributed by atoms with Crippen LogP contribution in [0.4, 0.5) is 0 Å². The largest absolute Gasteiger partial charge is 0.507 e. The Labute approximate surface area is 125 Å². The molecule has 18 heavy (non-hydrogen) atoms. The predicted octanol–water partition coefficient (Wildman–Crippen LogP) is 2.96. The lowest BCUT2D eigenvalue weighted by Crippen LogP contribution is -2.46. The molecule has 1 aliphatic heterocycles. The van der Waals surface area contributed by atoms with Gasteiger partial charge in [0.2, 0.25) is 0 Å². The fourth-order valence-corrected chi connectivity index (χ4v) is 3.64. The van der Waals surface area contributed by atoms with Crippen LogP contribution < -0.4 is 0 Å². The average Bonchev–Trinajstić information content (AvgIpc) is 2.30. The molecule has 1 aliphatic rings. The molecule has 1 amide bonds. The minimum absolute atomic E-state index is 0.0662. The average molecular weight is 377 g/mol. The minimum Gasteiger partial charge on any atom is -0.507 e. The van der Waals surface area contributed by atoms with Crippen LogP contribution in [0.2, 0.25) is 0 Å². The van der Waals surface area contributed by atoms with Crippen molar-refractivity contribution in [1.29, 1.82) is 0 Å². The van der Waals surface area contributed by atoms with Gasteiger partial charge >= 0.3 is 0 Å². The summed E-state index contributed by atoms with van der Waals surface area (Å²) in [6.45, 7) is 5.76. The molecule has 1 heterocycles. The second-order valence-electron chi connectivity index (χ2n) is 5.00. The Kier molecular flexibility index (Phi) is 4.11. The number of rotatable bonds is 1. The first-order valence-electron chi connectivity index (χ1n) is 5.81. The molecule has 0 atom stereocenters. The van der Waals surface area contributed by atoms with Crippen molar-refractivity contribution in [2.45, 2.75) is 18.6 Å². The third-order valence-corrected chi connectivity index (χ3v) is 4.87. The van der Waals surface area contributed by atoms with Gasteiger partial charge in [-0.05, 0) is 54.6 Å². The van der Waals surface area contributed by atoms with Crippen molar-refractivity contribution in [3.8, 4) is 5.75 Å². The number of hydrogen-bond donors (Lipinski definition) is 1. The molecule has 0 saturated carbocycles. The molecular weight excluding hydrogens is 361 g/mol. The van der Waals surface area contributed by atoms with Crippen LogP contribution in [-0.4, -0.2) is 39.5 Å². The van der Waals surface area contributed by atoms with Gasteiger partial charge in [0.15, 0.2) is 0 Å². The van der Waals surface area contributed by atoms with E-state index in [9.17, 15) is 9.90 Å². The number of thioether (sulfide) groups is 1. The van der Waals surface area contributed by atoms with Gasteiger partial charge in [0.05, 0.1) is 5.56 Å². The fraction of sp³-hybridized carbons (Fsp3) is 0.462. The van der Waals surface area contributed by atoms with Gasteiger partial charge in [0.1, 0.15) is 5.75 Å². The summed E-state index contributed by atoms with van der Waals surface area (Å²) in [5, 5.41) is 9.81. The number of amides is 1. The van der Waals surface area contributed by atoms with Gasteiger partial charge in [0, 0.05) is 27.2 Å². The second kappa shape index (κ2) is 5.28. The van der Waals surface area contributed by atoms with Crippen molar-refractivity contribution in [1.82, 2.24) is 4.90 Å². The molecule has 0 aliphatic carbocycles. The maximum Gasteiger partial charge on any atom is 0.257 e. The number of halogens is 1. The number of benzene rings is 1. The first kappa shape index (κ1) is 14.0. The molecule has 3 nitrogen and oxygen atoms in total. The molecule has 0 radical (unpaired) electrons. The zero-order valence-corrected chi connectivity index (χ0v) is 13.4. The number of carbonyl (C=O) groups excluding carboxylic acids is 1. The van der Waals surface area contributed by atoms with E-state index in [1.807, 2.05) is 16.7 Å². The molecule has 5 heteroatoms. The van der Waals surface area contributed by atoms with Crippen LogP contribution in [0.1, 0.15) is 24.2 Å². The Hall–Kier alpha value is -0.430. The van der Waals surface area contributed by atoms with E-state index >= 15 is 0 Å². The molecule has 98 valence electrons. The lowest BCUT2D eigenvalue weighted by molar-refractivity contribution is 0.0745. The highest BCUT2D eigenvalue weighted by Crippen LogP contribution is 2.31. The second-order valence-corrected chi connectivity index (χ2v) is 8.04. The van der Waals surface area contributed by atoms with Crippen molar-refractivity contribution in [2.24, 2.45) is 0 Å². The number of carbonyl (C=O) groups is 1. The summed E-state index contributed by atoms with van der Waals surface area (Å²) >= 11 is 4.03. The van der Waals surface area contributed by atoms with Gasteiger partial charge in [0.25, 0.3) is 5.91 Å². The highest BCUT2D eigenvalue weighted by atomic mass is 127. The summed E-state index contributed by atoms with van der Waals surface area (Å²) in [6, 6.07) is 5.12. The highest BCUT2D eigenvalue weighted by molar-refractivity contribution is 14.1. The quantitative estimate of drug-likeness (QED) is 0.766. The fourth-order valence-electron chi connectivity index (χ4n) is 2.04. The third-order valence-electron chi connectivity index (χ3n) is 2.90. The zero-order valence-electron chi connectivity index (χ0n) is 10.4. The lowest BCUT2D eigenvalue weighted by Gasteiger charge is -2.37. The van der Waals surface area contributed by atoms with Crippen molar-refractivity contribution in [2.75, 3.05) is 18.8 Å². The minimum atomic E-state index is -0.0700. The Balaban J connectivity index is 2.23. The lowest BCUT2D eigenvalue weighted by atomic mass is 10.1. The number of phenols is 1. The van der Waals surface area contributed by atoms with E-state index < -0.39 is 0 Å². The first-order valence-corrected chi connectivity index (χ1v) is 7.87. The molecule has 0 aromatic heterocycles. The van der Waals surface area contributed by atoms with Gasteiger partial charge in [-0.3, -0.25) is 4.79 Å². The highest BCUT2D eigenvalue weighted by Gasteiger charge is 2.31. The van der Waals surface area contributed by atoms with Crippen LogP contribution in [0.15, 0.2) is 18.2 Å². The molecule has 0 bridgehead atoms. The third kappa shape index (κ3) is 3.12. The summed E-state index contributed by atoms with van der Waals surface area (Å²) < 4.78 is 1.05. The summed E-state index contributed by atoms with van der Waals surface area (Å²) in [5.41, 5.74) is 0.407. The van der Waals surface area contributed by atoms with E-state index in [1.54, 1.807) is 18.2 Å². The number of nitrogens with zero attached hydrogens (tertiary/aromatic N) is 1. The summed E-state index contributed by atoms with van der Waals surface area (Å²) in [4.78, 5) is 14.2. The molecule has 1 aromatic carbocycles. The number of aromatic hydroxyl groups is 1. The van der Waals surface area contributed by atoms with E-state index in [0.29, 0.717) is 5.56 Å². The van der Waals surface area contributed by atoms with Crippen LogP contribution in [0.25, 0.3) is 0 Å². The normalized spacial score (nSPS) is 18.7. The SMILES string of the molecule is CC1(C)CN(C(=O)c2cc(I)ccc2O)CCS1. The molecule has 2 rings (SSSR count). The Bertz CT molecular complexity index is 476. The van der Waals surface area contributed by atoms with Crippen molar-refractivity contribution in [3.05, 3.63) is 27.3 Å². The maximum absolute atomic E-state index is 12.4. The Morgan fingerprint density at radius 2 is 2.22 bits per heavy atom. The van der Waals surface area contributed by atoms with E-state index in [4.69, 9.17) is 0 Å². The van der Waals surface area contributed by atoms with Crippen LogP contribution >= 0.6 is 34.4 Å². The van der Waals surface area contributed by atoms with E-state index in [2.05, 4.69) is 36.4 Å². The summed E-state index contributed by atoms with van der Waals surface area (Å²) in [7, 11) is 0. The van der Waals surface area contributed by atoms with Crippen molar-refractivity contribution in [3.63, 3.8) is 0 Å². The maximum atomic E-state index is 12.4. The number of hydrogen-bond acceptors (Lipinski definition) is 3. The molecular formula is C13H16INO2S. The molecule has 0 unspecified atom stereocenters. The summed E-state index contributed by atoms with van der Waals surface area (Å²) in [6.07, 6.45) is 0. The zero-order chi connectivity index (χ0) is 13.3. The van der Waals surface area contributed by atoms with Crippen LogP contribution in [0.5, 0.6) is 5.75 Å². The summed E-state index contributed by atoms with van der Waals surface area (Å²) in [5.74, 6) is 0.944. The van der Waals surface area contributed by atoms with Crippen LogP contribution in [0.3, 0.4) is 0 Å². The van der Waals surface area contributed by atoms with Crippen LogP contribution in [0, 0.1) is 3.57 Å². The van der Waals surface area contributed by atoms with Crippen molar-refractivity contribution < 1.29 is 9.90 Å². The Morgan fingerprint density at radius 1 is 1.50 bits per heavy atom. The van der Waals surface area contributed by atoms with Crippen LogP contribution in [-0.2, 0) is 0 Å². The Morgan fingerprint density at radius 3 is 2.89 bits per heavy atom. The topological polar surface area (TPSA) is 40.5 Å². The van der Waals surface area contributed by atoms with Crippen molar-refractivity contribution >= 4 is 40.3 Å². The standard InChI is InChI=1S/C13H16INO2S/c1-13(2)8-15(5-6-18-13)12(17)10-7-9(14)3-4-11(10)16/h3-4,7,16H,5-6,8H2,1-2H3. The molecule has 1 saturated heterocycles. The van der Waals surface area contributed by atoms with E-state index in [0.717, 1.165) is 22.4 Å². The first-order chi connectivity index (χ1) is 8.39. The molecule has 0 spiro atoms. The molecule has 1 N–H and O–H groups in total. The van der Waals surface area contributed by atoms with Gasteiger partial charge in [-0.15, -0.1) is 0 Å².